The van der Waals surface area contributed by atoms with E-state index in [1.165, 1.54) is 0 Å². The van der Waals surface area contributed by atoms with Crippen LogP contribution in [0.15, 0.2) is 63.9 Å². The molecule has 0 spiro atoms. The summed E-state index contributed by atoms with van der Waals surface area (Å²) >= 11 is 0. The third-order valence-corrected chi connectivity index (χ3v) is 4.05. The van der Waals surface area contributed by atoms with Gasteiger partial charge < -0.3 is 4.74 Å². The van der Waals surface area contributed by atoms with Gasteiger partial charge in [0.2, 0.25) is 5.91 Å². The molecule has 6 nitrogen and oxygen atoms in total. The lowest BCUT2D eigenvalue weighted by atomic mass is 10.0. The van der Waals surface area contributed by atoms with Crippen LogP contribution in [-0.2, 0) is 4.79 Å². The van der Waals surface area contributed by atoms with Crippen molar-refractivity contribution >= 4 is 17.3 Å². The summed E-state index contributed by atoms with van der Waals surface area (Å²) in [4.78, 5) is 11.1. The third-order valence-electron chi connectivity index (χ3n) is 4.05. The summed E-state index contributed by atoms with van der Waals surface area (Å²) in [6.07, 6.45) is 1.13. The average Bonchev–Trinajstić information content (AvgIpc) is 2.67. The predicted molar refractivity (Wildman–Crippen MR) is 96.3 cm³/mol. The van der Waals surface area contributed by atoms with Crippen LogP contribution in [0.4, 0.5) is 5.69 Å². The van der Waals surface area contributed by atoms with Gasteiger partial charge >= 0.3 is 0 Å². The van der Waals surface area contributed by atoms with E-state index >= 15 is 0 Å². The van der Waals surface area contributed by atoms with E-state index in [1.54, 1.807) is 7.11 Å². The van der Waals surface area contributed by atoms with Gasteiger partial charge in [0.1, 0.15) is 5.75 Å². The number of azo groups is 1. The van der Waals surface area contributed by atoms with Gasteiger partial charge in [0, 0.05) is 12.8 Å². The van der Waals surface area contributed by atoms with Crippen LogP contribution in [0.2, 0.25) is 0 Å². The number of carbonyl (C=O) groups is 1. The first kappa shape index (κ1) is 16.8. The van der Waals surface area contributed by atoms with Crippen molar-refractivity contribution in [2.24, 2.45) is 15.3 Å². The van der Waals surface area contributed by atoms with Crippen LogP contribution >= 0.6 is 0 Å². The number of nitrogens with zero attached hydrogens (tertiary/aromatic N) is 3. The van der Waals surface area contributed by atoms with Gasteiger partial charge in [-0.25, -0.2) is 5.43 Å². The normalized spacial score (nSPS) is 15.6. The van der Waals surface area contributed by atoms with Gasteiger partial charge in [0.15, 0.2) is 0 Å². The summed E-state index contributed by atoms with van der Waals surface area (Å²) in [5.41, 5.74) is 6.24. The molecule has 1 aliphatic rings. The SMILES string of the molecule is COc1ccc(C(C)N=Nc2ccc(C3=NNC(=O)CC3)cc2)cc1. The largest absolute Gasteiger partial charge is 0.497 e. The van der Waals surface area contributed by atoms with Crippen molar-refractivity contribution in [2.75, 3.05) is 7.11 Å². The Morgan fingerprint density at radius 3 is 2.40 bits per heavy atom. The molecule has 1 atom stereocenters. The molecular weight excluding hydrogens is 316 g/mol. The van der Waals surface area contributed by atoms with E-state index in [9.17, 15) is 4.79 Å². The second-order valence-corrected chi connectivity index (χ2v) is 5.80. The molecule has 0 aromatic heterocycles. The van der Waals surface area contributed by atoms with E-state index in [2.05, 4.69) is 20.8 Å². The molecule has 0 saturated heterocycles. The Hall–Kier alpha value is -3.02. The number of carbonyl (C=O) groups excluding carboxylic acids is 1. The number of hydrogen-bond acceptors (Lipinski definition) is 5. The standard InChI is InChI=1S/C19H20N4O2/c1-13(14-5-9-17(25-2)10-6-14)20-21-16-7-3-15(4-8-16)18-11-12-19(24)23-22-18/h3-10,13H,11-12H2,1-2H3,(H,23,24). The summed E-state index contributed by atoms with van der Waals surface area (Å²) in [7, 11) is 1.65. The van der Waals surface area contributed by atoms with E-state index in [4.69, 9.17) is 4.74 Å². The Morgan fingerprint density at radius 1 is 1.08 bits per heavy atom. The van der Waals surface area contributed by atoms with E-state index in [-0.39, 0.29) is 11.9 Å². The Kier molecular flexibility index (Phi) is 5.18. The number of ether oxygens (including phenoxy) is 1. The molecule has 1 N–H and O–H groups in total. The molecule has 1 amide bonds. The van der Waals surface area contributed by atoms with Crippen molar-refractivity contribution < 1.29 is 9.53 Å². The zero-order valence-electron chi connectivity index (χ0n) is 14.3. The van der Waals surface area contributed by atoms with E-state index in [0.29, 0.717) is 12.8 Å². The number of benzene rings is 2. The van der Waals surface area contributed by atoms with Crippen LogP contribution in [-0.4, -0.2) is 18.7 Å². The Bertz CT molecular complexity index is 795. The summed E-state index contributed by atoms with van der Waals surface area (Å²) in [6, 6.07) is 15.5. The first-order chi connectivity index (χ1) is 12.2. The minimum absolute atomic E-state index is 0.0384. The minimum atomic E-state index is -0.0401. The van der Waals surface area contributed by atoms with Crippen LogP contribution in [0.3, 0.4) is 0 Å². The van der Waals surface area contributed by atoms with Crippen molar-refractivity contribution in [3.63, 3.8) is 0 Å². The lowest BCUT2D eigenvalue weighted by Gasteiger charge is -2.11. The van der Waals surface area contributed by atoms with E-state index in [0.717, 1.165) is 28.3 Å². The van der Waals surface area contributed by atoms with Gasteiger partial charge in [-0.1, -0.05) is 24.3 Å². The highest BCUT2D eigenvalue weighted by molar-refractivity contribution is 6.04. The summed E-state index contributed by atoms with van der Waals surface area (Å²) in [5.74, 6) is 0.784. The molecule has 0 radical (unpaired) electrons. The average molecular weight is 336 g/mol. The van der Waals surface area contributed by atoms with E-state index in [1.807, 2.05) is 55.5 Å². The fourth-order valence-corrected chi connectivity index (χ4v) is 2.51. The van der Waals surface area contributed by atoms with Crippen LogP contribution < -0.4 is 10.2 Å². The number of methoxy groups -OCH3 is 1. The van der Waals surface area contributed by atoms with Crippen molar-refractivity contribution in [3.8, 4) is 5.75 Å². The third kappa shape index (κ3) is 4.29. The number of rotatable bonds is 5. The molecule has 25 heavy (non-hydrogen) atoms. The highest BCUT2D eigenvalue weighted by Crippen LogP contribution is 2.23. The van der Waals surface area contributed by atoms with Crippen LogP contribution in [0.5, 0.6) is 5.75 Å². The molecule has 0 aliphatic carbocycles. The highest BCUT2D eigenvalue weighted by atomic mass is 16.5. The van der Waals surface area contributed by atoms with Gasteiger partial charge in [0.25, 0.3) is 0 Å². The molecule has 1 heterocycles. The number of amides is 1. The van der Waals surface area contributed by atoms with Gasteiger partial charge in [-0.05, 0) is 42.3 Å². The van der Waals surface area contributed by atoms with Crippen molar-refractivity contribution in [1.82, 2.24) is 5.43 Å². The Morgan fingerprint density at radius 2 is 1.80 bits per heavy atom. The quantitative estimate of drug-likeness (QED) is 0.833. The van der Waals surface area contributed by atoms with Gasteiger partial charge in [-0.15, -0.1) is 0 Å². The van der Waals surface area contributed by atoms with Crippen LogP contribution in [0.25, 0.3) is 0 Å². The molecule has 0 saturated carbocycles. The second kappa shape index (κ2) is 7.70. The maximum Gasteiger partial charge on any atom is 0.240 e. The zero-order valence-corrected chi connectivity index (χ0v) is 14.3. The number of hydrazone groups is 1. The topological polar surface area (TPSA) is 75.4 Å². The molecule has 3 rings (SSSR count). The zero-order chi connectivity index (χ0) is 17.6. The first-order valence-corrected chi connectivity index (χ1v) is 8.16. The monoisotopic (exact) mass is 336 g/mol. The van der Waals surface area contributed by atoms with Crippen molar-refractivity contribution in [3.05, 3.63) is 59.7 Å². The summed E-state index contributed by atoms with van der Waals surface area (Å²) < 4.78 is 5.16. The maximum absolute atomic E-state index is 11.1. The predicted octanol–water partition coefficient (Wildman–Crippen LogP) is 4.15. The van der Waals surface area contributed by atoms with Crippen LogP contribution in [0.1, 0.15) is 36.9 Å². The summed E-state index contributed by atoms with van der Waals surface area (Å²) in [6.45, 7) is 2.00. The van der Waals surface area contributed by atoms with Crippen molar-refractivity contribution in [2.45, 2.75) is 25.8 Å². The number of nitrogens with one attached hydrogen (secondary N) is 1. The van der Waals surface area contributed by atoms with Gasteiger partial charge in [-0.3, -0.25) is 4.79 Å². The lowest BCUT2D eigenvalue weighted by Crippen LogP contribution is -2.25. The smallest absolute Gasteiger partial charge is 0.240 e. The molecule has 2 aromatic rings. The van der Waals surface area contributed by atoms with Crippen molar-refractivity contribution in [1.29, 1.82) is 0 Å². The minimum Gasteiger partial charge on any atom is -0.497 e. The molecule has 6 heteroatoms. The van der Waals surface area contributed by atoms with E-state index < -0.39 is 0 Å². The molecule has 1 unspecified atom stereocenters. The Labute approximate surface area is 146 Å². The molecule has 1 aliphatic heterocycles. The second-order valence-electron chi connectivity index (χ2n) is 5.80. The fraction of sp³-hybridized carbons (Fsp3) is 0.263. The molecular formula is C19H20N4O2. The number of hydrogen-bond donors (Lipinski definition) is 1. The lowest BCUT2D eigenvalue weighted by molar-refractivity contribution is -0.121. The Balaban J connectivity index is 1.66. The first-order valence-electron chi connectivity index (χ1n) is 8.16. The molecule has 0 fully saturated rings. The van der Waals surface area contributed by atoms with Crippen LogP contribution in [0, 0.1) is 0 Å². The van der Waals surface area contributed by atoms with Gasteiger partial charge in [0.05, 0.1) is 24.6 Å². The fourth-order valence-electron chi connectivity index (χ4n) is 2.51. The summed E-state index contributed by atoms with van der Waals surface area (Å²) in [5, 5.41) is 12.8. The maximum atomic E-state index is 11.1. The van der Waals surface area contributed by atoms with Gasteiger partial charge in [-0.2, -0.15) is 15.3 Å². The molecule has 0 bridgehead atoms. The molecule has 2 aromatic carbocycles. The highest BCUT2D eigenvalue weighted by Gasteiger charge is 2.13. The molecule has 128 valence electrons.